The predicted octanol–water partition coefficient (Wildman–Crippen LogP) is 3.07. The van der Waals surface area contributed by atoms with E-state index in [4.69, 9.17) is 0 Å². The first-order valence-electron chi connectivity index (χ1n) is 5.78. The van der Waals surface area contributed by atoms with Crippen molar-refractivity contribution in [1.29, 1.82) is 0 Å². The topological polar surface area (TPSA) is 12.0 Å². The first-order valence-corrected chi connectivity index (χ1v) is 5.78. The molecule has 88 valence electrons. The molecule has 0 aliphatic carbocycles. The summed E-state index contributed by atoms with van der Waals surface area (Å²) in [5.41, 5.74) is 0.0726. The minimum absolute atomic E-state index is 0.295. The molecule has 1 N–H and O–H groups in total. The molecule has 1 unspecified atom stereocenters. The quantitative estimate of drug-likeness (QED) is 0.774. The largest absolute Gasteiger partial charge is 0.317 e. The van der Waals surface area contributed by atoms with Gasteiger partial charge < -0.3 is 5.32 Å². The minimum Gasteiger partial charge on any atom is -0.317 e. The highest BCUT2D eigenvalue weighted by Gasteiger charge is 2.33. The van der Waals surface area contributed by atoms with Gasteiger partial charge in [-0.15, -0.1) is 0 Å². The smallest absolute Gasteiger partial charge is 0.137 e. The van der Waals surface area contributed by atoms with E-state index >= 15 is 0 Å². The Kier molecular flexibility index (Phi) is 3.24. The molecule has 1 nitrogen and oxygen atoms in total. The van der Waals surface area contributed by atoms with Gasteiger partial charge in [0, 0.05) is 0 Å². The molecule has 16 heavy (non-hydrogen) atoms. The number of nitrogens with one attached hydrogen (secondary N) is 1. The molecule has 0 aromatic heterocycles. The van der Waals surface area contributed by atoms with E-state index in [0.29, 0.717) is 30.5 Å². The van der Waals surface area contributed by atoms with Crippen LogP contribution in [0, 0.1) is 12.7 Å². The Morgan fingerprint density at radius 2 is 2.06 bits per heavy atom. The van der Waals surface area contributed by atoms with Gasteiger partial charge in [-0.2, -0.15) is 0 Å². The van der Waals surface area contributed by atoms with Gasteiger partial charge in [0.1, 0.15) is 11.5 Å². The Hall–Kier alpha value is -0.960. The van der Waals surface area contributed by atoms with E-state index in [1.54, 1.807) is 13.0 Å². The van der Waals surface area contributed by atoms with E-state index in [-0.39, 0.29) is 5.82 Å². The van der Waals surface area contributed by atoms with Crippen LogP contribution >= 0.6 is 0 Å². The maximum atomic E-state index is 14.8. The van der Waals surface area contributed by atoms with Crippen LogP contribution in [0.5, 0.6) is 0 Å². The van der Waals surface area contributed by atoms with Crippen molar-refractivity contribution >= 4 is 0 Å². The summed E-state index contributed by atoms with van der Waals surface area (Å²) >= 11 is 0. The Labute approximate surface area is 94.9 Å². The van der Waals surface area contributed by atoms with Crippen molar-refractivity contribution in [2.75, 3.05) is 13.1 Å². The van der Waals surface area contributed by atoms with Crippen LogP contribution in [0.4, 0.5) is 8.78 Å². The third-order valence-corrected chi connectivity index (χ3v) is 3.30. The Morgan fingerprint density at radius 3 is 2.81 bits per heavy atom. The number of halogens is 2. The van der Waals surface area contributed by atoms with Gasteiger partial charge in [-0.3, -0.25) is 0 Å². The standard InChI is InChI=1S/C13H17F2N/c1-10-9-11(14)3-4-12(10)13(15)5-2-7-16-8-6-13/h3-4,9,16H,2,5-8H2,1H3. The van der Waals surface area contributed by atoms with E-state index in [1.165, 1.54) is 12.1 Å². The summed E-state index contributed by atoms with van der Waals surface area (Å²) in [6, 6.07) is 4.35. The molecule has 0 bridgehead atoms. The van der Waals surface area contributed by atoms with Gasteiger partial charge in [0.05, 0.1) is 0 Å². The molecule has 3 heteroatoms. The van der Waals surface area contributed by atoms with Crippen molar-refractivity contribution in [2.24, 2.45) is 0 Å². The molecule has 1 aromatic carbocycles. The second-order valence-corrected chi connectivity index (χ2v) is 4.53. The number of benzene rings is 1. The maximum absolute atomic E-state index is 14.8. The summed E-state index contributed by atoms with van der Waals surface area (Å²) < 4.78 is 27.8. The molecule has 1 fully saturated rings. The number of hydrogen-bond donors (Lipinski definition) is 1. The third-order valence-electron chi connectivity index (χ3n) is 3.30. The fourth-order valence-electron chi connectivity index (χ4n) is 2.43. The molecule has 1 aromatic rings. The van der Waals surface area contributed by atoms with Crippen LogP contribution in [0.2, 0.25) is 0 Å². The number of aryl methyl sites for hydroxylation is 1. The zero-order valence-electron chi connectivity index (χ0n) is 9.52. The average molecular weight is 225 g/mol. The van der Waals surface area contributed by atoms with Crippen LogP contribution < -0.4 is 5.32 Å². The highest BCUT2D eigenvalue weighted by molar-refractivity contribution is 5.32. The molecule has 1 aliphatic heterocycles. The zero-order chi connectivity index (χ0) is 11.6. The summed E-state index contributed by atoms with van der Waals surface area (Å²) in [6.45, 7) is 3.33. The number of rotatable bonds is 1. The lowest BCUT2D eigenvalue weighted by Gasteiger charge is -2.25. The van der Waals surface area contributed by atoms with Gasteiger partial charge in [0.25, 0.3) is 0 Å². The highest BCUT2D eigenvalue weighted by atomic mass is 19.1. The zero-order valence-corrected chi connectivity index (χ0v) is 9.52. The van der Waals surface area contributed by atoms with Crippen LogP contribution in [0.1, 0.15) is 30.4 Å². The summed E-state index contributed by atoms with van der Waals surface area (Å²) in [4.78, 5) is 0. The second kappa shape index (κ2) is 4.50. The maximum Gasteiger partial charge on any atom is 0.137 e. The van der Waals surface area contributed by atoms with E-state index < -0.39 is 5.67 Å². The van der Waals surface area contributed by atoms with Gasteiger partial charge in [-0.1, -0.05) is 6.07 Å². The van der Waals surface area contributed by atoms with Crippen LogP contribution in [0.25, 0.3) is 0 Å². The van der Waals surface area contributed by atoms with Crippen molar-refractivity contribution in [1.82, 2.24) is 5.32 Å². The molecule has 2 rings (SSSR count). The molecule has 0 amide bonds. The number of alkyl halides is 1. The fraction of sp³-hybridized carbons (Fsp3) is 0.538. The van der Waals surface area contributed by atoms with Crippen molar-refractivity contribution < 1.29 is 8.78 Å². The molecular formula is C13H17F2N. The Balaban J connectivity index is 2.33. The van der Waals surface area contributed by atoms with E-state index in [2.05, 4.69) is 5.32 Å². The van der Waals surface area contributed by atoms with E-state index in [0.717, 1.165) is 13.0 Å². The van der Waals surface area contributed by atoms with Crippen LogP contribution in [0.3, 0.4) is 0 Å². The van der Waals surface area contributed by atoms with Gasteiger partial charge in [-0.25, -0.2) is 8.78 Å². The Morgan fingerprint density at radius 1 is 1.25 bits per heavy atom. The van der Waals surface area contributed by atoms with Crippen LogP contribution in [-0.2, 0) is 5.67 Å². The summed E-state index contributed by atoms with van der Waals surface area (Å²) in [7, 11) is 0. The molecule has 0 spiro atoms. The van der Waals surface area contributed by atoms with Gasteiger partial charge >= 0.3 is 0 Å². The van der Waals surface area contributed by atoms with Crippen molar-refractivity contribution in [2.45, 2.75) is 31.9 Å². The molecule has 1 heterocycles. The molecule has 1 atom stereocenters. The van der Waals surface area contributed by atoms with E-state index in [9.17, 15) is 8.78 Å². The molecule has 0 saturated carbocycles. The summed E-state index contributed by atoms with van der Waals surface area (Å²) in [5.74, 6) is -0.295. The summed E-state index contributed by atoms with van der Waals surface area (Å²) in [5, 5.41) is 3.19. The van der Waals surface area contributed by atoms with Crippen molar-refractivity contribution in [3.8, 4) is 0 Å². The monoisotopic (exact) mass is 225 g/mol. The fourth-order valence-corrected chi connectivity index (χ4v) is 2.43. The van der Waals surface area contributed by atoms with Crippen LogP contribution in [0.15, 0.2) is 18.2 Å². The average Bonchev–Trinajstić information content (AvgIpc) is 2.43. The van der Waals surface area contributed by atoms with Gasteiger partial charge in [0.2, 0.25) is 0 Å². The van der Waals surface area contributed by atoms with Crippen LogP contribution in [-0.4, -0.2) is 13.1 Å². The first kappa shape index (κ1) is 11.5. The highest BCUT2D eigenvalue weighted by Crippen LogP contribution is 2.37. The van der Waals surface area contributed by atoms with Crippen molar-refractivity contribution in [3.63, 3.8) is 0 Å². The molecule has 1 aliphatic rings. The van der Waals surface area contributed by atoms with Crippen molar-refractivity contribution in [3.05, 3.63) is 35.1 Å². The lowest BCUT2D eigenvalue weighted by Crippen LogP contribution is -2.23. The molecular weight excluding hydrogens is 208 g/mol. The van der Waals surface area contributed by atoms with Gasteiger partial charge in [-0.05, 0) is 62.5 Å². The molecule has 1 saturated heterocycles. The lowest BCUT2D eigenvalue weighted by molar-refractivity contribution is 0.144. The summed E-state index contributed by atoms with van der Waals surface area (Å²) in [6.07, 6.45) is 1.82. The molecule has 0 radical (unpaired) electrons. The Bertz CT molecular complexity index is 368. The minimum atomic E-state index is -1.29. The lowest BCUT2D eigenvalue weighted by atomic mass is 9.86. The van der Waals surface area contributed by atoms with Gasteiger partial charge in [0.15, 0.2) is 0 Å². The predicted molar refractivity (Wildman–Crippen MR) is 60.6 cm³/mol. The first-order chi connectivity index (χ1) is 7.62. The SMILES string of the molecule is Cc1cc(F)ccc1C1(F)CCCNCC1. The normalized spacial score (nSPS) is 26.4. The van der Waals surface area contributed by atoms with E-state index in [1.807, 2.05) is 0 Å². The third kappa shape index (κ3) is 2.24. The number of hydrogen-bond acceptors (Lipinski definition) is 1. The second-order valence-electron chi connectivity index (χ2n) is 4.53.